The molecule has 0 aliphatic heterocycles. The lowest BCUT2D eigenvalue weighted by molar-refractivity contribution is -0.146. The van der Waals surface area contributed by atoms with Crippen molar-refractivity contribution in [2.45, 2.75) is 12.5 Å². The number of aliphatic carboxylic acids is 1. The van der Waals surface area contributed by atoms with Crippen molar-refractivity contribution in [3.63, 3.8) is 0 Å². The van der Waals surface area contributed by atoms with Crippen LogP contribution >= 0.6 is 0 Å². The van der Waals surface area contributed by atoms with E-state index in [0.717, 1.165) is 6.07 Å². The van der Waals surface area contributed by atoms with Crippen LogP contribution in [-0.4, -0.2) is 34.7 Å². The molecule has 5 nitrogen and oxygen atoms in total. The summed E-state index contributed by atoms with van der Waals surface area (Å²) in [5.41, 5.74) is -0.114. The number of nitrogens with one attached hydrogen (secondary N) is 1. The number of carbonyl (C=O) groups is 2. The minimum atomic E-state index is -1.53. The number of carboxylic acid groups (broad SMARTS) is 1. The van der Waals surface area contributed by atoms with E-state index in [1.807, 2.05) is 0 Å². The van der Waals surface area contributed by atoms with E-state index >= 15 is 0 Å². The second-order valence-electron chi connectivity index (χ2n) is 3.38. The smallest absolute Gasteiger partial charge is 0.332 e. The van der Waals surface area contributed by atoms with Gasteiger partial charge in [0.05, 0.1) is 5.56 Å². The number of carboxylic acids is 1. The first kappa shape index (κ1) is 13.1. The topological polar surface area (TPSA) is 86.6 Å². The van der Waals surface area contributed by atoms with Crippen LogP contribution in [0.4, 0.5) is 4.39 Å². The Balaban J connectivity index is 2.46. The highest BCUT2D eigenvalue weighted by molar-refractivity contribution is 5.94. The summed E-state index contributed by atoms with van der Waals surface area (Å²) in [7, 11) is 0. The zero-order chi connectivity index (χ0) is 12.8. The maximum Gasteiger partial charge on any atom is 0.332 e. The summed E-state index contributed by atoms with van der Waals surface area (Å²) in [5, 5.41) is 19.6. The Morgan fingerprint density at radius 1 is 1.35 bits per heavy atom. The minimum Gasteiger partial charge on any atom is -0.479 e. The number of rotatable bonds is 5. The fourth-order valence-corrected chi connectivity index (χ4v) is 1.19. The van der Waals surface area contributed by atoms with Crippen LogP contribution in [0.5, 0.6) is 0 Å². The lowest BCUT2D eigenvalue weighted by atomic mass is 10.2. The maximum atomic E-state index is 13.1. The van der Waals surface area contributed by atoms with E-state index in [-0.39, 0.29) is 18.5 Å². The Kier molecular flexibility index (Phi) is 4.59. The molecule has 0 unspecified atom stereocenters. The zero-order valence-electron chi connectivity index (χ0n) is 8.89. The van der Waals surface area contributed by atoms with E-state index in [1.165, 1.54) is 18.2 Å². The van der Waals surface area contributed by atoms with Crippen LogP contribution < -0.4 is 5.32 Å². The van der Waals surface area contributed by atoms with Crippen molar-refractivity contribution < 1.29 is 24.2 Å². The predicted octanol–water partition coefficient (Wildman–Crippen LogP) is 0.391. The van der Waals surface area contributed by atoms with Gasteiger partial charge < -0.3 is 15.5 Å². The number of halogens is 1. The molecule has 0 heterocycles. The van der Waals surface area contributed by atoms with Crippen molar-refractivity contribution in [1.82, 2.24) is 5.32 Å². The molecule has 0 spiro atoms. The molecule has 0 radical (unpaired) electrons. The molecule has 1 atom stereocenters. The molecule has 1 rings (SSSR count). The molecule has 0 saturated heterocycles. The van der Waals surface area contributed by atoms with E-state index in [0.29, 0.717) is 0 Å². The number of hydrogen-bond donors (Lipinski definition) is 3. The molecule has 0 bridgehead atoms. The lowest BCUT2D eigenvalue weighted by Crippen LogP contribution is -2.30. The van der Waals surface area contributed by atoms with Gasteiger partial charge in [0, 0.05) is 13.0 Å². The van der Waals surface area contributed by atoms with E-state index in [1.54, 1.807) is 0 Å². The standard InChI is InChI=1S/C11H12FNO4/c12-8-4-2-1-3-7(8)10(15)13-6-5-9(14)11(16)17/h1-4,9,14H,5-6H2,(H,13,15)(H,16,17)/t9-/m0/s1. The highest BCUT2D eigenvalue weighted by Gasteiger charge is 2.14. The van der Waals surface area contributed by atoms with Crippen LogP contribution in [-0.2, 0) is 4.79 Å². The monoisotopic (exact) mass is 241 g/mol. The third-order valence-electron chi connectivity index (χ3n) is 2.11. The summed E-state index contributed by atoms with van der Waals surface area (Å²) in [6.07, 6.45) is -1.66. The maximum absolute atomic E-state index is 13.1. The first-order valence-corrected chi connectivity index (χ1v) is 4.96. The average molecular weight is 241 g/mol. The van der Waals surface area contributed by atoms with Crippen molar-refractivity contribution in [3.05, 3.63) is 35.6 Å². The van der Waals surface area contributed by atoms with Crippen molar-refractivity contribution in [1.29, 1.82) is 0 Å². The fraction of sp³-hybridized carbons (Fsp3) is 0.273. The summed E-state index contributed by atoms with van der Waals surface area (Å²) in [5.74, 6) is -2.64. The fourth-order valence-electron chi connectivity index (χ4n) is 1.19. The molecule has 17 heavy (non-hydrogen) atoms. The molecule has 1 aromatic carbocycles. The molecular formula is C11H12FNO4. The van der Waals surface area contributed by atoms with E-state index < -0.39 is 23.8 Å². The van der Waals surface area contributed by atoms with Crippen LogP contribution in [0.15, 0.2) is 24.3 Å². The van der Waals surface area contributed by atoms with Crippen molar-refractivity contribution in [2.75, 3.05) is 6.54 Å². The van der Waals surface area contributed by atoms with Crippen LogP contribution in [0.1, 0.15) is 16.8 Å². The Morgan fingerprint density at radius 2 is 2.00 bits per heavy atom. The molecule has 1 amide bonds. The molecule has 3 N–H and O–H groups in total. The van der Waals surface area contributed by atoms with Crippen LogP contribution in [0.3, 0.4) is 0 Å². The Bertz CT molecular complexity index is 422. The van der Waals surface area contributed by atoms with Crippen LogP contribution in [0.25, 0.3) is 0 Å². The van der Waals surface area contributed by atoms with Gasteiger partial charge in [0.25, 0.3) is 5.91 Å². The van der Waals surface area contributed by atoms with E-state index in [4.69, 9.17) is 10.2 Å². The average Bonchev–Trinajstić information content (AvgIpc) is 2.29. The largest absolute Gasteiger partial charge is 0.479 e. The van der Waals surface area contributed by atoms with Gasteiger partial charge >= 0.3 is 5.97 Å². The number of aliphatic hydroxyl groups is 1. The summed E-state index contributed by atoms with van der Waals surface area (Å²) >= 11 is 0. The first-order chi connectivity index (χ1) is 8.02. The molecule has 0 aliphatic rings. The van der Waals surface area contributed by atoms with Gasteiger partial charge in [-0.1, -0.05) is 12.1 Å². The van der Waals surface area contributed by atoms with Gasteiger partial charge in [-0.3, -0.25) is 4.79 Å². The molecule has 0 saturated carbocycles. The Hall–Kier alpha value is -1.95. The van der Waals surface area contributed by atoms with Gasteiger partial charge in [-0.2, -0.15) is 0 Å². The molecule has 0 aromatic heterocycles. The molecule has 0 fully saturated rings. The highest BCUT2D eigenvalue weighted by atomic mass is 19.1. The number of amides is 1. The van der Waals surface area contributed by atoms with Crippen molar-refractivity contribution >= 4 is 11.9 Å². The van der Waals surface area contributed by atoms with Crippen LogP contribution in [0.2, 0.25) is 0 Å². The Morgan fingerprint density at radius 3 is 2.59 bits per heavy atom. The summed E-state index contributed by atoms with van der Waals surface area (Å²) < 4.78 is 13.1. The van der Waals surface area contributed by atoms with Crippen molar-refractivity contribution in [3.8, 4) is 0 Å². The predicted molar refractivity (Wildman–Crippen MR) is 57.0 cm³/mol. The number of aliphatic hydroxyl groups excluding tert-OH is 1. The van der Waals surface area contributed by atoms with Crippen molar-refractivity contribution in [2.24, 2.45) is 0 Å². The number of carbonyl (C=O) groups excluding carboxylic acids is 1. The van der Waals surface area contributed by atoms with Gasteiger partial charge in [-0.05, 0) is 12.1 Å². The number of benzene rings is 1. The first-order valence-electron chi connectivity index (χ1n) is 4.96. The lowest BCUT2D eigenvalue weighted by Gasteiger charge is -2.07. The summed E-state index contributed by atoms with van der Waals surface area (Å²) in [6, 6.07) is 5.45. The summed E-state index contributed by atoms with van der Waals surface area (Å²) in [6.45, 7) is -0.0410. The molecule has 92 valence electrons. The Labute approximate surface area is 96.9 Å². The van der Waals surface area contributed by atoms with Gasteiger partial charge in [-0.25, -0.2) is 9.18 Å². The normalized spacial score (nSPS) is 11.9. The quantitative estimate of drug-likeness (QED) is 0.696. The van der Waals surface area contributed by atoms with Gasteiger partial charge in [-0.15, -0.1) is 0 Å². The van der Waals surface area contributed by atoms with Gasteiger partial charge in [0.2, 0.25) is 0 Å². The second kappa shape index (κ2) is 5.95. The summed E-state index contributed by atoms with van der Waals surface area (Å²) in [4.78, 5) is 21.7. The SMILES string of the molecule is O=C(NCC[C@H](O)C(=O)O)c1ccccc1F. The highest BCUT2D eigenvalue weighted by Crippen LogP contribution is 2.05. The molecule has 0 aliphatic carbocycles. The zero-order valence-corrected chi connectivity index (χ0v) is 8.89. The van der Waals surface area contributed by atoms with Crippen LogP contribution in [0, 0.1) is 5.82 Å². The number of hydrogen-bond acceptors (Lipinski definition) is 3. The molecular weight excluding hydrogens is 229 g/mol. The second-order valence-corrected chi connectivity index (χ2v) is 3.38. The minimum absolute atomic E-state index is 0.0410. The third-order valence-corrected chi connectivity index (χ3v) is 2.11. The molecule has 6 heteroatoms. The third kappa shape index (κ3) is 3.84. The van der Waals surface area contributed by atoms with Gasteiger partial charge in [0.1, 0.15) is 5.82 Å². The van der Waals surface area contributed by atoms with E-state index in [2.05, 4.69) is 5.32 Å². The van der Waals surface area contributed by atoms with E-state index in [9.17, 15) is 14.0 Å². The molecule has 1 aromatic rings. The van der Waals surface area contributed by atoms with Gasteiger partial charge in [0.15, 0.2) is 6.10 Å².